The number of likely N-dealkylation sites (N-methyl/N-ethyl adjacent to an activating group) is 1. The van der Waals surface area contributed by atoms with Crippen molar-refractivity contribution in [3.8, 4) is 17.3 Å². The first-order valence-electron chi connectivity index (χ1n) is 11.1. The molecule has 0 aliphatic carbocycles. The van der Waals surface area contributed by atoms with Crippen LogP contribution in [0.3, 0.4) is 0 Å². The van der Waals surface area contributed by atoms with Crippen LogP contribution in [0.4, 0.5) is 13.2 Å². The average molecular weight is 497 g/mol. The zero-order valence-electron chi connectivity index (χ0n) is 19.4. The van der Waals surface area contributed by atoms with Crippen LogP contribution in [0.5, 0.6) is 6.01 Å². The smallest absolute Gasteiger partial charge is 0.416 e. The Bertz CT molecular complexity index is 1410. The van der Waals surface area contributed by atoms with Crippen LogP contribution >= 0.6 is 0 Å². The van der Waals surface area contributed by atoms with Crippen LogP contribution in [0.25, 0.3) is 22.3 Å². The van der Waals surface area contributed by atoms with Crippen LogP contribution in [0.2, 0.25) is 0 Å². The highest BCUT2D eigenvalue weighted by Crippen LogP contribution is 2.38. The Balaban J connectivity index is 1.43. The van der Waals surface area contributed by atoms with Gasteiger partial charge in [-0.1, -0.05) is 18.2 Å². The largest absolute Gasteiger partial charge is 0.467 e. The van der Waals surface area contributed by atoms with Crippen molar-refractivity contribution in [3.05, 3.63) is 65.6 Å². The van der Waals surface area contributed by atoms with E-state index in [1.807, 2.05) is 11.9 Å². The van der Waals surface area contributed by atoms with Crippen LogP contribution in [0.15, 0.2) is 48.9 Å². The van der Waals surface area contributed by atoms with Crippen molar-refractivity contribution in [2.24, 2.45) is 0 Å². The van der Waals surface area contributed by atoms with E-state index in [0.717, 1.165) is 6.07 Å². The Morgan fingerprint density at radius 3 is 2.61 bits per heavy atom. The number of alkyl halides is 3. The van der Waals surface area contributed by atoms with Crippen molar-refractivity contribution >= 4 is 16.9 Å². The standard InChI is InChI=1S/C24H22F3N7O2/c1-34-11-17(15-5-3-4-6-18(15)24(25,26)27)19(12-34)31-22(35)13-7-16-20(32-33-21(16)28-8-13)14-9-29-23(36-2)30-10-14/h3-10,17,19H,11-12H2,1-2H3,(H,31,35)(H,28,32,33)/t17-,19+/m0/s1. The quantitative estimate of drug-likeness (QED) is 0.436. The number of H-pyrrole nitrogens is 1. The number of aromatic amines is 1. The van der Waals surface area contributed by atoms with Gasteiger partial charge in [-0.2, -0.15) is 18.3 Å². The molecule has 1 aromatic carbocycles. The molecule has 4 aromatic rings. The van der Waals surface area contributed by atoms with Crippen LogP contribution in [-0.2, 0) is 6.18 Å². The van der Waals surface area contributed by atoms with E-state index in [9.17, 15) is 18.0 Å². The normalized spacial score (nSPS) is 18.5. The summed E-state index contributed by atoms with van der Waals surface area (Å²) in [6.07, 6.45) is 0.0160. The number of amides is 1. The topological polar surface area (TPSA) is 109 Å². The van der Waals surface area contributed by atoms with Crippen LogP contribution < -0.4 is 10.1 Å². The Morgan fingerprint density at radius 2 is 1.89 bits per heavy atom. The van der Waals surface area contributed by atoms with Crippen LogP contribution in [0, 0.1) is 0 Å². The van der Waals surface area contributed by atoms with Gasteiger partial charge >= 0.3 is 12.2 Å². The van der Waals surface area contributed by atoms with E-state index >= 15 is 0 Å². The summed E-state index contributed by atoms with van der Waals surface area (Å²) >= 11 is 0. The molecule has 4 heterocycles. The molecule has 0 unspecified atom stereocenters. The van der Waals surface area contributed by atoms with Gasteiger partial charge in [0, 0.05) is 54.6 Å². The predicted molar refractivity (Wildman–Crippen MR) is 124 cm³/mol. The third-order valence-electron chi connectivity index (χ3n) is 6.25. The lowest BCUT2D eigenvalue weighted by Crippen LogP contribution is -2.40. The molecule has 0 spiro atoms. The highest BCUT2D eigenvalue weighted by molar-refractivity contribution is 6.00. The molecule has 1 aliphatic heterocycles. The van der Waals surface area contributed by atoms with Gasteiger partial charge in [0.15, 0.2) is 5.65 Å². The van der Waals surface area contributed by atoms with E-state index in [0.29, 0.717) is 35.4 Å². The van der Waals surface area contributed by atoms with E-state index < -0.39 is 29.6 Å². The number of nitrogens with one attached hydrogen (secondary N) is 2. The summed E-state index contributed by atoms with van der Waals surface area (Å²) in [5.74, 6) is -0.952. The van der Waals surface area contributed by atoms with E-state index in [4.69, 9.17) is 4.74 Å². The molecule has 186 valence electrons. The van der Waals surface area contributed by atoms with Gasteiger partial charge in [-0.3, -0.25) is 9.89 Å². The number of nitrogens with zero attached hydrogens (tertiary/aromatic N) is 5. The van der Waals surface area contributed by atoms with Gasteiger partial charge in [-0.25, -0.2) is 15.0 Å². The van der Waals surface area contributed by atoms with E-state index in [-0.39, 0.29) is 17.1 Å². The molecule has 1 aliphatic rings. The van der Waals surface area contributed by atoms with Crippen molar-refractivity contribution < 1.29 is 22.7 Å². The zero-order valence-corrected chi connectivity index (χ0v) is 19.4. The molecule has 12 heteroatoms. The average Bonchev–Trinajstić information content (AvgIpc) is 3.46. The van der Waals surface area contributed by atoms with Gasteiger partial charge in [0.25, 0.3) is 5.91 Å². The fraction of sp³-hybridized carbons (Fsp3) is 0.292. The summed E-state index contributed by atoms with van der Waals surface area (Å²) in [7, 11) is 3.28. The molecular formula is C24H22F3N7O2. The summed E-state index contributed by atoms with van der Waals surface area (Å²) in [6.45, 7) is 0.803. The molecule has 9 nitrogen and oxygen atoms in total. The Kier molecular flexibility index (Phi) is 6.04. The van der Waals surface area contributed by atoms with Crippen molar-refractivity contribution in [2.45, 2.75) is 18.1 Å². The SMILES string of the molecule is COc1ncc(-c2n[nH]c3ncc(C(=O)N[C@@H]4CN(C)C[C@H]4c4ccccc4C(F)(F)F)cc23)cn1. The van der Waals surface area contributed by atoms with Crippen molar-refractivity contribution in [3.63, 3.8) is 0 Å². The number of aromatic nitrogens is 5. The number of carbonyl (C=O) groups excluding carboxylic acids is 1. The van der Waals surface area contributed by atoms with E-state index in [1.165, 1.54) is 25.4 Å². The fourth-order valence-electron chi connectivity index (χ4n) is 4.58. The summed E-state index contributed by atoms with van der Waals surface area (Å²) in [5.41, 5.74) is 1.32. The number of hydrogen-bond donors (Lipinski definition) is 2. The number of methoxy groups -OCH3 is 1. The van der Waals surface area contributed by atoms with Gasteiger partial charge in [-0.05, 0) is 24.7 Å². The molecule has 1 amide bonds. The number of likely N-dealkylation sites (tertiary alicyclic amines) is 1. The molecule has 2 atom stereocenters. The Labute approximate surface area is 203 Å². The maximum Gasteiger partial charge on any atom is 0.416 e. The second kappa shape index (κ2) is 9.19. The third kappa shape index (κ3) is 4.47. The van der Waals surface area contributed by atoms with E-state index in [2.05, 4.69) is 30.5 Å². The minimum Gasteiger partial charge on any atom is -0.467 e. The lowest BCUT2D eigenvalue weighted by atomic mass is 9.90. The lowest BCUT2D eigenvalue weighted by molar-refractivity contribution is -0.138. The van der Waals surface area contributed by atoms with Gasteiger partial charge in [0.2, 0.25) is 0 Å². The summed E-state index contributed by atoms with van der Waals surface area (Å²) in [4.78, 5) is 27.6. The molecule has 3 aromatic heterocycles. The van der Waals surface area contributed by atoms with Crippen molar-refractivity contribution in [2.75, 3.05) is 27.2 Å². The zero-order chi connectivity index (χ0) is 25.4. The summed E-state index contributed by atoms with van der Waals surface area (Å²) in [5, 5.41) is 10.6. The number of fused-ring (bicyclic) bond motifs is 1. The number of rotatable bonds is 5. The molecule has 1 saturated heterocycles. The van der Waals surface area contributed by atoms with Gasteiger partial charge in [0.05, 0.1) is 18.2 Å². The minimum absolute atomic E-state index is 0.171. The van der Waals surface area contributed by atoms with Gasteiger partial charge < -0.3 is 15.0 Å². The number of halogens is 3. The maximum absolute atomic E-state index is 13.7. The number of ether oxygens (including phenoxy) is 1. The predicted octanol–water partition coefficient (Wildman–Crippen LogP) is 3.27. The third-order valence-corrected chi connectivity index (χ3v) is 6.25. The second-order valence-corrected chi connectivity index (χ2v) is 8.64. The van der Waals surface area contributed by atoms with Crippen molar-refractivity contribution in [1.82, 2.24) is 35.4 Å². The highest BCUT2D eigenvalue weighted by Gasteiger charge is 2.40. The summed E-state index contributed by atoms with van der Waals surface area (Å²) < 4.78 is 46.0. The van der Waals surface area contributed by atoms with Crippen LogP contribution in [0.1, 0.15) is 27.4 Å². The van der Waals surface area contributed by atoms with E-state index in [1.54, 1.807) is 24.5 Å². The molecule has 36 heavy (non-hydrogen) atoms. The number of carbonyl (C=O) groups is 1. The first kappa shape index (κ1) is 23.7. The summed E-state index contributed by atoms with van der Waals surface area (Å²) in [6, 6.07) is 6.85. The Morgan fingerprint density at radius 1 is 1.14 bits per heavy atom. The van der Waals surface area contributed by atoms with Crippen LogP contribution in [-0.4, -0.2) is 69.2 Å². The molecule has 1 fully saturated rings. The molecule has 5 rings (SSSR count). The Hall–Kier alpha value is -4.06. The molecule has 0 radical (unpaired) electrons. The fourth-order valence-corrected chi connectivity index (χ4v) is 4.58. The monoisotopic (exact) mass is 497 g/mol. The van der Waals surface area contributed by atoms with Crippen molar-refractivity contribution in [1.29, 1.82) is 0 Å². The lowest BCUT2D eigenvalue weighted by Gasteiger charge is -2.23. The molecule has 2 N–H and O–H groups in total. The number of benzene rings is 1. The van der Waals surface area contributed by atoms with Gasteiger partial charge in [0.1, 0.15) is 5.69 Å². The first-order chi connectivity index (χ1) is 17.2. The van der Waals surface area contributed by atoms with Gasteiger partial charge in [-0.15, -0.1) is 0 Å². The highest BCUT2D eigenvalue weighted by atomic mass is 19.4. The second-order valence-electron chi connectivity index (χ2n) is 8.64. The number of hydrogen-bond acceptors (Lipinski definition) is 7. The molecule has 0 bridgehead atoms. The number of pyridine rings is 1. The molecular weight excluding hydrogens is 475 g/mol. The molecule has 0 saturated carbocycles. The first-order valence-corrected chi connectivity index (χ1v) is 11.1. The minimum atomic E-state index is -4.48. The maximum atomic E-state index is 13.7.